The lowest BCUT2D eigenvalue weighted by Crippen LogP contribution is -2.26. The SMILES string of the molecule is [C-]#[N+]c1cnc2sc3c(=O)n(C4CCCCC4)cnc3c2c1N(C)C. The van der Waals surface area contributed by atoms with Crippen LogP contribution in [-0.2, 0) is 0 Å². The third-order valence-corrected chi connectivity index (χ3v) is 6.00. The van der Waals surface area contributed by atoms with Crippen LogP contribution in [0.25, 0.3) is 25.3 Å². The molecular formula is C18H19N5OS. The third kappa shape index (κ3) is 2.48. The molecule has 0 unspecified atom stereocenters. The van der Waals surface area contributed by atoms with E-state index in [-0.39, 0.29) is 11.6 Å². The van der Waals surface area contributed by atoms with Gasteiger partial charge < -0.3 is 4.90 Å². The monoisotopic (exact) mass is 353 g/mol. The van der Waals surface area contributed by atoms with Gasteiger partial charge in [0.1, 0.15) is 9.53 Å². The van der Waals surface area contributed by atoms with Crippen LogP contribution >= 0.6 is 11.3 Å². The fourth-order valence-electron chi connectivity index (χ4n) is 3.74. The summed E-state index contributed by atoms with van der Waals surface area (Å²) in [5.74, 6) is 0. The van der Waals surface area contributed by atoms with Crippen molar-refractivity contribution in [3.63, 3.8) is 0 Å². The van der Waals surface area contributed by atoms with Crippen molar-refractivity contribution in [2.24, 2.45) is 0 Å². The maximum Gasteiger partial charge on any atom is 0.271 e. The lowest BCUT2D eigenvalue weighted by atomic mass is 9.95. The molecule has 0 bridgehead atoms. The number of pyridine rings is 1. The second-order valence-corrected chi connectivity index (χ2v) is 7.71. The molecule has 25 heavy (non-hydrogen) atoms. The molecule has 7 heteroatoms. The number of nitrogens with zero attached hydrogens (tertiary/aromatic N) is 5. The van der Waals surface area contributed by atoms with Gasteiger partial charge in [0, 0.05) is 26.3 Å². The van der Waals surface area contributed by atoms with Crippen molar-refractivity contribution in [1.82, 2.24) is 14.5 Å². The Kier molecular flexibility index (Phi) is 3.92. The van der Waals surface area contributed by atoms with Gasteiger partial charge in [0.05, 0.1) is 29.5 Å². The van der Waals surface area contributed by atoms with Gasteiger partial charge in [-0.25, -0.2) is 9.83 Å². The van der Waals surface area contributed by atoms with E-state index in [9.17, 15) is 4.79 Å². The van der Waals surface area contributed by atoms with Crippen molar-refractivity contribution < 1.29 is 0 Å². The van der Waals surface area contributed by atoms with Gasteiger partial charge in [0.25, 0.3) is 5.56 Å². The van der Waals surface area contributed by atoms with Crippen LogP contribution in [0, 0.1) is 6.57 Å². The predicted molar refractivity (Wildman–Crippen MR) is 102 cm³/mol. The van der Waals surface area contributed by atoms with Crippen molar-refractivity contribution in [3.05, 3.63) is 34.3 Å². The van der Waals surface area contributed by atoms with E-state index >= 15 is 0 Å². The number of aromatic nitrogens is 3. The molecular weight excluding hydrogens is 334 g/mol. The standard InChI is InChI=1S/C18H19N5OS/c1-19-12-9-20-17-13(15(12)22(2)3)14-16(25-17)18(24)23(10-21-14)11-7-5-4-6-8-11/h9-11H,4-8H2,2-3H3. The molecule has 0 amide bonds. The minimum absolute atomic E-state index is 0.0222. The van der Waals surface area contributed by atoms with Gasteiger partial charge in [-0.2, -0.15) is 0 Å². The minimum atomic E-state index is 0.0222. The number of hydrogen-bond donors (Lipinski definition) is 0. The minimum Gasteiger partial charge on any atom is -0.386 e. The molecule has 0 atom stereocenters. The van der Waals surface area contributed by atoms with Crippen molar-refractivity contribution >= 4 is 43.1 Å². The van der Waals surface area contributed by atoms with E-state index in [4.69, 9.17) is 6.57 Å². The second kappa shape index (κ2) is 6.12. The molecule has 3 heterocycles. The van der Waals surface area contributed by atoms with Gasteiger partial charge in [-0.15, -0.1) is 11.3 Å². The molecule has 0 aliphatic heterocycles. The molecule has 6 nitrogen and oxygen atoms in total. The first-order valence-corrected chi connectivity index (χ1v) is 9.30. The van der Waals surface area contributed by atoms with E-state index < -0.39 is 0 Å². The van der Waals surface area contributed by atoms with Crippen LogP contribution in [0.4, 0.5) is 11.4 Å². The number of fused-ring (bicyclic) bond motifs is 3. The highest BCUT2D eigenvalue weighted by Gasteiger charge is 2.22. The second-order valence-electron chi connectivity index (χ2n) is 6.71. The molecule has 1 fully saturated rings. The summed E-state index contributed by atoms with van der Waals surface area (Å²) < 4.78 is 2.45. The molecule has 0 radical (unpaired) electrons. The molecule has 0 saturated heterocycles. The number of rotatable bonds is 2. The molecule has 3 aromatic rings. The third-order valence-electron chi connectivity index (χ3n) is 4.92. The zero-order chi connectivity index (χ0) is 17.6. The van der Waals surface area contributed by atoms with Crippen LogP contribution in [0.2, 0.25) is 0 Å². The average molecular weight is 353 g/mol. The normalized spacial score (nSPS) is 15.6. The lowest BCUT2D eigenvalue weighted by molar-refractivity contribution is 0.345. The molecule has 3 aromatic heterocycles. The summed E-state index contributed by atoms with van der Waals surface area (Å²) in [7, 11) is 3.80. The highest BCUT2D eigenvalue weighted by Crippen LogP contribution is 2.41. The van der Waals surface area contributed by atoms with Crippen LogP contribution in [0.1, 0.15) is 38.1 Å². The van der Waals surface area contributed by atoms with Crippen LogP contribution < -0.4 is 10.5 Å². The average Bonchev–Trinajstić information content (AvgIpc) is 3.01. The summed E-state index contributed by atoms with van der Waals surface area (Å²) in [6.07, 6.45) is 8.95. The molecule has 1 saturated carbocycles. The van der Waals surface area contributed by atoms with Crippen molar-refractivity contribution in [2.45, 2.75) is 38.1 Å². The van der Waals surface area contributed by atoms with E-state index in [1.165, 1.54) is 30.6 Å². The summed E-state index contributed by atoms with van der Waals surface area (Å²) in [6.45, 7) is 7.40. The molecule has 128 valence electrons. The van der Waals surface area contributed by atoms with E-state index in [2.05, 4.69) is 14.8 Å². The Labute approximate surface area is 149 Å². The largest absolute Gasteiger partial charge is 0.386 e. The fraction of sp³-hybridized carbons (Fsp3) is 0.444. The summed E-state index contributed by atoms with van der Waals surface area (Å²) in [4.78, 5) is 28.3. The predicted octanol–water partition coefficient (Wildman–Crippen LogP) is 4.13. The van der Waals surface area contributed by atoms with Gasteiger partial charge in [-0.3, -0.25) is 14.3 Å². The highest BCUT2D eigenvalue weighted by molar-refractivity contribution is 7.25. The smallest absolute Gasteiger partial charge is 0.271 e. The Bertz CT molecular complexity index is 1050. The van der Waals surface area contributed by atoms with Crippen molar-refractivity contribution in [2.75, 3.05) is 19.0 Å². The first-order chi connectivity index (χ1) is 12.1. The molecule has 0 spiro atoms. The first-order valence-electron chi connectivity index (χ1n) is 8.49. The van der Waals surface area contributed by atoms with Crippen LogP contribution in [0.3, 0.4) is 0 Å². The maximum absolute atomic E-state index is 13.1. The number of hydrogen-bond acceptors (Lipinski definition) is 5. The molecule has 1 aliphatic rings. The van der Waals surface area contributed by atoms with Gasteiger partial charge in [-0.1, -0.05) is 19.3 Å². The first kappa shape index (κ1) is 16.0. The Hall–Kier alpha value is -2.46. The van der Waals surface area contributed by atoms with Gasteiger partial charge >= 0.3 is 0 Å². The van der Waals surface area contributed by atoms with E-state index in [0.717, 1.165) is 28.7 Å². The molecule has 4 rings (SSSR count). The lowest BCUT2D eigenvalue weighted by Gasteiger charge is -2.23. The Morgan fingerprint density at radius 2 is 2.04 bits per heavy atom. The summed E-state index contributed by atoms with van der Waals surface area (Å²) in [6, 6.07) is 0.253. The van der Waals surface area contributed by atoms with Gasteiger partial charge in [0.15, 0.2) is 0 Å². The Morgan fingerprint density at radius 3 is 2.72 bits per heavy atom. The molecule has 0 aromatic carbocycles. The van der Waals surface area contributed by atoms with E-state index in [1.54, 1.807) is 12.5 Å². The zero-order valence-electron chi connectivity index (χ0n) is 14.3. The van der Waals surface area contributed by atoms with Crippen molar-refractivity contribution in [3.8, 4) is 0 Å². The summed E-state index contributed by atoms with van der Waals surface area (Å²) in [5.41, 5.74) is 1.96. The fourth-order valence-corrected chi connectivity index (χ4v) is 4.77. The van der Waals surface area contributed by atoms with Crippen LogP contribution in [0.15, 0.2) is 17.3 Å². The van der Waals surface area contributed by atoms with E-state index in [0.29, 0.717) is 15.9 Å². The zero-order valence-corrected chi connectivity index (χ0v) is 15.1. The number of anilines is 1. The Morgan fingerprint density at radius 1 is 1.28 bits per heavy atom. The van der Waals surface area contributed by atoms with Gasteiger partial charge in [0.2, 0.25) is 5.69 Å². The van der Waals surface area contributed by atoms with E-state index in [1.807, 2.05) is 23.6 Å². The van der Waals surface area contributed by atoms with Gasteiger partial charge in [-0.05, 0) is 12.8 Å². The maximum atomic E-state index is 13.1. The Balaban J connectivity index is 2.00. The number of thiophene rings is 1. The van der Waals surface area contributed by atoms with Crippen LogP contribution in [0.5, 0.6) is 0 Å². The molecule has 1 aliphatic carbocycles. The van der Waals surface area contributed by atoms with Crippen molar-refractivity contribution in [1.29, 1.82) is 0 Å². The molecule has 0 N–H and O–H groups in total. The quantitative estimate of drug-likeness (QED) is 0.650. The van der Waals surface area contributed by atoms with Crippen LogP contribution in [-0.4, -0.2) is 28.6 Å². The summed E-state index contributed by atoms with van der Waals surface area (Å²) >= 11 is 1.38. The summed E-state index contributed by atoms with van der Waals surface area (Å²) in [5, 5.41) is 0.811. The highest BCUT2D eigenvalue weighted by atomic mass is 32.1. The topological polar surface area (TPSA) is 55.4 Å².